The van der Waals surface area contributed by atoms with E-state index in [-0.39, 0.29) is 23.5 Å². The van der Waals surface area contributed by atoms with Gasteiger partial charge in [-0.05, 0) is 35.9 Å². The molecule has 4 nitrogen and oxygen atoms in total. The van der Waals surface area contributed by atoms with E-state index >= 15 is 0 Å². The minimum atomic E-state index is -0.545. The van der Waals surface area contributed by atoms with Crippen LogP contribution in [0, 0.1) is 5.82 Å². The van der Waals surface area contributed by atoms with E-state index in [1.807, 2.05) is 0 Å². The number of rotatable bonds is 3. The van der Waals surface area contributed by atoms with Crippen molar-refractivity contribution in [1.82, 2.24) is 0 Å². The molecule has 0 atom stereocenters. The lowest BCUT2D eigenvalue weighted by atomic mass is 10.1. The van der Waals surface area contributed by atoms with Gasteiger partial charge < -0.3 is 16.2 Å². The van der Waals surface area contributed by atoms with Gasteiger partial charge in [0.2, 0.25) is 0 Å². The molecule has 5 heteroatoms. The Kier molecular flexibility index (Phi) is 3.77. The van der Waals surface area contributed by atoms with Crippen LogP contribution in [0.3, 0.4) is 0 Å². The van der Waals surface area contributed by atoms with Gasteiger partial charge in [0.1, 0.15) is 11.6 Å². The summed E-state index contributed by atoms with van der Waals surface area (Å²) in [7, 11) is 0. The summed E-state index contributed by atoms with van der Waals surface area (Å²) < 4.78 is 13.7. The summed E-state index contributed by atoms with van der Waals surface area (Å²) in [6.07, 6.45) is 0. The molecule has 0 bridgehead atoms. The van der Waals surface area contributed by atoms with Crippen LogP contribution >= 0.6 is 0 Å². The third-order valence-corrected chi connectivity index (χ3v) is 2.63. The highest BCUT2D eigenvalue weighted by molar-refractivity contribution is 6.04. The number of hydrogen-bond acceptors (Lipinski definition) is 3. The average molecular weight is 260 g/mol. The lowest BCUT2D eigenvalue weighted by Gasteiger charge is -2.08. The maximum atomic E-state index is 13.7. The van der Waals surface area contributed by atoms with Gasteiger partial charge in [0.15, 0.2) is 0 Å². The Balaban J connectivity index is 2.19. The molecule has 0 heterocycles. The zero-order valence-corrected chi connectivity index (χ0v) is 10.1. The number of nitrogens with one attached hydrogen (secondary N) is 1. The van der Waals surface area contributed by atoms with E-state index < -0.39 is 11.7 Å². The molecule has 4 N–H and O–H groups in total. The fourth-order valence-corrected chi connectivity index (χ4v) is 1.63. The summed E-state index contributed by atoms with van der Waals surface area (Å²) in [5.41, 5.74) is 6.37. The predicted octanol–water partition coefficient (Wildman–Crippen LogP) is 2.24. The van der Waals surface area contributed by atoms with Crippen LogP contribution in [0.1, 0.15) is 15.9 Å². The van der Waals surface area contributed by atoms with Crippen LogP contribution in [0.4, 0.5) is 10.1 Å². The van der Waals surface area contributed by atoms with E-state index in [4.69, 9.17) is 5.73 Å². The highest BCUT2D eigenvalue weighted by Gasteiger charge is 2.10. The SMILES string of the molecule is NCc1ccc(NC(=O)c2cccc(O)c2)c(F)c1. The van der Waals surface area contributed by atoms with E-state index in [1.54, 1.807) is 6.07 Å². The van der Waals surface area contributed by atoms with Crippen molar-refractivity contribution < 1.29 is 14.3 Å². The Bertz CT molecular complexity index is 614. The fraction of sp³-hybridized carbons (Fsp3) is 0.0714. The van der Waals surface area contributed by atoms with Gasteiger partial charge in [0.05, 0.1) is 5.69 Å². The predicted molar refractivity (Wildman–Crippen MR) is 70.4 cm³/mol. The number of phenols is 1. The number of amides is 1. The highest BCUT2D eigenvalue weighted by Crippen LogP contribution is 2.18. The molecule has 0 spiro atoms. The Morgan fingerprint density at radius 3 is 2.68 bits per heavy atom. The Labute approximate surface area is 109 Å². The molecule has 2 rings (SSSR count). The van der Waals surface area contributed by atoms with Crippen LogP contribution in [-0.2, 0) is 6.54 Å². The molecule has 2 aromatic carbocycles. The average Bonchev–Trinajstić information content (AvgIpc) is 2.41. The number of halogens is 1. The van der Waals surface area contributed by atoms with Crippen molar-refractivity contribution in [3.63, 3.8) is 0 Å². The normalized spacial score (nSPS) is 10.2. The number of phenolic OH excluding ortho intramolecular Hbond substituents is 1. The van der Waals surface area contributed by atoms with Crippen molar-refractivity contribution in [3.8, 4) is 5.75 Å². The summed E-state index contributed by atoms with van der Waals surface area (Å²) in [5.74, 6) is -1.06. The van der Waals surface area contributed by atoms with Crippen molar-refractivity contribution in [1.29, 1.82) is 0 Å². The van der Waals surface area contributed by atoms with Crippen molar-refractivity contribution >= 4 is 11.6 Å². The highest BCUT2D eigenvalue weighted by atomic mass is 19.1. The maximum absolute atomic E-state index is 13.7. The summed E-state index contributed by atoms with van der Waals surface area (Å²) in [4.78, 5) is 11.9. The molecule has 0 aliphatic carbocycles. The maximum Gasteiger partial charge on any atom is 0.255 e. The van der Waals surface area contributed by atoms with Gasteiger partial charge >= 0.3 is 0 Å². The zero-order valence-electron chi connectivity index (χ0n) is 10.1. The van der Waals surface area contributed by atoms with Crippen molar-refractivity contribution in [3.05, 3.63) is 59.4 Å². The second-order valence-corrected chi connectivity index (χ2v) is 4.02. The van der Waals surface area contributed by atoms with Crippen LogP contribution in [0.5, 0.6) is 5.75 Å². The minimum absolute atomic E-state index is 0.0217. The van der Waals surface area contributed by atoms with Gasteiger partial charge in [-0.25, -0.2) is 4.39 Å². The van der Waals surface area contributed by atoms with Gasteiger partial charge in [0, 0.05) is 12.1 Å². The molecule has 0 aliphatic rings. The number of benzene rings is 2. The first-order valence-corrected chi connectivity index (χ1v) is 5.69. The number of carbonyl (C=O) groups excluding carboxylic acids is 1. The number of carbonyl (C=O) groups is 1. The molecule has 0 saturated carbocycles. The Morgan fingerprint density at radius 1 is 1.26 bits per heavy atom. The molecule has 0 unspecified atom stereocenters. The summed E-state index contributed by atoms with van der Waals surface area (Å²) in [5, 5.41) is 11.7. The van der Waals surface area contributed by atoms with Crippen LogP contribution < -0.4 is 11.1 Å². The van der Waals surface area contributed by atoms with E-state index in [0.717, 1.165) is 0 Å². The smallest absolute Gasteiger partial charge is 0.255 e. The van der Waals surface area contributed by atoms with Crippen molar-refractivity contribution in [2.45, 2.75) is 6.54 Å². The Hall–Kier alpha value is -2.40. The zero-order chi connectivity index (χ0) is 13.8. The van der Waals surface area contributed by atoms with E-state index in [2.05, 4.69) is 5.32 Å². The van der Waals surface area contributed by atoms with Crippen LogP contribution in [-0.4, -0.2) is 11.0 Å². The fourth-order valence-electron chi connectivity index (χ4n) is 1.63. The second kappa shape index (κ2) is 5.49. The monoisotopic (exact) mass is 260 g/mol. The summed E-state index contributed by atoms with van der Waals surface area (Å²) >= 11 is 0. The van der Waals surface area contributed by atoms with Gasteiger partial charge in [-0.3, -0.25) is 4.79 Å². The summed E-state index contributed by atoms with van der Waals surface area (Å²) in [6.45, 7) is 0.234. The quantitative estimate of drug-likeness (QED) is 0.792. The molecule has 98 valence electrons. The number of aromatic hydroxyl groups is 1. The minimum Gasteiger partial charge on any atom is -0.508 e. The lowest BCUT2D eigenvalue weighted by Crippen LogP contribution is -2.13. The summed E-state index contributed by atoms with van der Waals surface area (Å²) in [6, 6.07) is 10.2. The largest absolute Gasteiger partial charge is 0.508 e. The lowest BCUT2D eigenvalue weighted by molar-refractivity contribution is 0.102. The third-order valence-electron chi connectivity index (χ3n) is 2.63. The molecule has 1 amide bonds. The van der Waals surface area contributed by atoms with Crippen molar-refractivity contribution in [2.75, 3.05) is 5.32 Å². The first-order valence-electron chi connectivity index (χ1n) is 5.69. The van der Waals surface area contributed by atoms with Gasteiger partial charge in [-0.15, -0.1) is 0 Å². The molecule has 0 radical (unpaired) electrons. The van der Waals surface area contributed by atoms with E-state index in [0.29, 0.717) is 5.56 Å². The molecular weight excluding hydrogens is 247 g/mol. The van der Waals surface area contributed by atoms with Crippen LogP contribution in [0.2, 0.25) is 0 Å². The van der Waals surface area contributed by atoms with Gasteiger partial charge in [-0.2, -0.15) is 0 Å². The molecule has 2 aromatic rings. The standard InChI is InChI=1S/C14H13FN2O2/c15-12-6-9(8-16)4-5-13(12)17-14(19)10-2-1-3-11(18)7-10/h1-7,18H,8,16H2,(H,17,19). The van der Waals surface area contributed by atoms with Crippen molar-refractivity contribution in [2.24, 2.45) is 5.73 Å². The number of anilines is 1. The van der Waals surface area contributed by atoms with E-state index in [9.17, 15) is 14.3 Å². The number of hydrogen-bond donors (Lipinski definition) is 3. The van der Waals surface area contributed by atoms with Gasteiger partial charge in [-0.1, -0.05) is 12.1 Å². The Morgan fingerprint density at radius 2 is 2.05 bits per heavy atom. The third kappa shape index (κ3) is 3.08. The van der Waals surface area contributed by atoms with E-state index in [1.165, 1.54) is 36.4 Å². The van der Waals surface area contributed by atoms with Gasteiger partial charge in [0.25, 0.3) is 5.91 Å². The van der Waals surface area contributed by atoms with Crippen LogP contribution in [0.25, 0.3) is 0 Å². The molecule has 0 fully saturated rings. The molecule has 0 saturated heterocycles. The molecule has 0 aromatic heterocycles. The first-order chi connectivity index (χ1) is 9.10. The molecular formula is C14H13FN2O2. The van der Waals surface area contributed by atoms with Crippen LogP contribution in [0.15, 0.2) is 42.5 Å². The molecule has 0 aliphatic heterocycles. The number of nitrogens with two attached hydrogens (primary N) is 1. The molecule has 19 heavy (non-hydrogen) atoms. The topological polar surface area (TPSA) is 75.3 Å². The second-order valence-electron chi connectivity index (χ2n) is 4.02. The first kappa shape index (κ1) is 13.0.